The van der Waals surface area contributed by atoms with Crippen molar-refractivity contribution >= 4 is 35.4 Å². The van der Waals surface area contributed by atoms with Gasteiger partial charge >= 0.3 is 75.0 Å². The summed E-state index contributed by atoms with van der Waals surface area (Å²) in [7, 11) is 0. The standard InChI is InChI=1S/C9H7NTe.HI/c1-2-9-10-7-5-3-4-6-8(7)11-9;/h2-6H,1H2;1H. The van der Waals surface area contributed by atoms with Gasteiger partial charge in [0.25, 0.3) is 0 Å². The number of rotatable bonds is 1. The SMILES string of the molecule is C=Cc1[nH+]c2ccccc2[te]1.[I-]. The first-order valence-electron chi connectivity index (χ1n) is 3.43. The third-order valence-corrected chi connectivity index (χ3v) is 4.59. The largest absolute Gasteiger partial charge is 1.00 e. The van der Waals surface area contributed by atoms with E-state index in [0.29, 0.717) is 0 Å². The topological polar surface area (TPSA) is 14.1 Å². The predicted molar refractivity (Wildman–Crippen MR) is 47.5 cm³/mol. The minimum Gasteiger partial charge on any atom is -1.00 e. The van der Waals surface area contributed by atoms with Crippen molar-refractivity contribution in [2.24, 2.45) is 0 Å². The van der Waals surface area contributed by atoms with Gasteiger partial charge in [-0.15, -0.1) is 0 Å². The Labute approximate surface area is 98.1 Å². The second-order valence-electron chi connectivity index (χ2n) is 2.29. The molecule has 0 radical (unpaired) electrons. The molecule has 1 nitrogen and oxygen atoms in total. The molecule has 3 heteroatoms. The van der Waals surface area contributed by atoms with Gasteiger partial charge in [-0.05, 0) is 0 Å². The molecule has 0 aliphatic heterocycles. The first-order valence-corrected chi connectivity index (χ1v) is 5.76. The number of para-hydroxylation sites is 1. The molecule has 0 aliphatic carbocycles. The minimum absolute atomic E-state index is 0. The Morgan fingerprint density at radius 2 is 2.08 bits per heavy atom. The van der Waals surface area contributed by atoms with Crippen LogP contribution in [0.1, 0.15) is 3.71 Å². The van der Waals surface area contributed by atoms with Crippen molar-refractivity contribution in [2.45, 2.75) is 0 Å². The summed E-state index contributed by atoms with van der Waals surface area (Å²) in [4.78, 5) is 3.34. The monoisotopic (exact) mass is 387 g/mol. The fraction of sp³-hybridized carbons (Fsp3) is 0. The molecule has 0 fully saturated rings. The van der Waals surface area contributed by atoms with E-state index in [4.69, 9.17) is 0 Å². The van der Waals surface area contributed by atoms with Crippen molar-refractivity contribution in [3.63, 3.8) is 0 Å². The van der Waals surface area contributed by atoms with Crippen LogP contribution in [-0.4, -0.2) is 20.4 Å². The molecule has 0 amide bonds. The summed E-state index contributed by atoms with van der Waals surface area (Å²) in [5.74, 6) is 0. The van der Waals surface area contributed by atoms with Crippen molar-refractivity contribution < 1.29 is 29.0 Å². The molecule has 0 bridgehead atoms. The molecule has 1 aromatic heterocycles. The molecular weight excluding hydrogens is 377 g/mol. The molecule has 1 N–H and O–H groups in total. The normalized spacial score (nSPS) is 9.33. The summed E-state index contributed by atoms with van der Waals surface area (Å²) in [5.41, 5.74) is 1.28. The predicted octanol–water partition coefficient (Wildman–Crippen LogP) is -1.64. The van der Waals surface area contributed by atoms with Crippen molar-refractivity contribution in [3.8, 4) is 0 Å². The van der Waals surface area contributed by atoms with Gasteiger partial charge < -0.3 is 24.0 Å². The Bertz CT molecular complexity index is 361. The maximum Gasteiger partial charge on any atom is -1.00 e. The van der Waals surface area contributed by atoms with Gasteiger partial charge in [0.15, 0.2) is 0 Å². The molecule has 12 heavy (non-hydrogen) atoms. The Balaban J connectivity index is 0.000000720. The second-order valence-corrected chi connectivity index (χ2v) is 5.38. The van der Waals surface area contributed by atoms with Gasteiger partial charge in [-0.2, -0.15) is 0 Å². The molecule has 0 aliphatic rings. The van der Waals surface area contributed by atoms with E-state index in [2.05, 4.69) is 35.8 Å². The Hall–Kier alpha value is 0.150. The van der Waals surface area contributed by atoms with Crippen LogP contribution in [0.2, 0.25) is 0 Å². The average molecular weight is 385 g/mol. The van der Waals surface area contributed by atoms with Crippen LogP contribution >= 0.6 is 0 Å². The molecule has 1 heterocycles. The third kappa shape index (κ3) is 1.90. The number of nitrogens with one attached hydrogen (secondary N) is 1. The number of benzene rings is 1. The first kappa shape index (κ1) is 10.2. The molecule has 1 aromatic carbocycles. The number of hydrogen-bond donors (Lipinski definition) is 0. The maximum atomic E-state index is 3.76. The molecule has 62 valence electrons. The van der Waals surface area contributed by atoms with Gasteiger partial charge in [-0.25, -0.2) is 0 Å². The molecule has 0 saturated heterocycles. The Morgan fingerprint density at radius 1 is 1.33 bits per heavy atom. The van der Waals surface area contributed by atoms with Crippen molar-refractivity contribution in [1.29, 1.82) is 0 Å². The zero-order valence-corrected chi connectivity index (χ0v) is 10.9. The summed E-state index contributed by atoms with van der Waals surface area (Å²) in [5, 5.41) is 0. The molecular formula is C9H8INTe. The van der Waals surface area contributed by atoms with E-state index < -0.39 is 0 Å². The number of hydrogen-bond acceptors (Lipinski definition) is 0. The van der Waals surface area contributed by atoms with E-state index in [1.165, 1.54) is 12.6 Å². The van der Waals surface area contributed by atoms with E-state index in [9.17, 15) is 0 Å². The fourth-order valence-corrected chi connectivity index (χ4v) is 3.47. The van der Waals surface area contributed by atoms with Crippen molar-refractivity contribution in [1.82, 2.24) is 0 Å². The Kier molecular flexibility index (Phi) is 3.76. The van der Waals surface area contributed by atoms with E-state index in [0.717, 1.165) is 0 Å². The van der Waals surface area contributed by atoms with Gasteiger partial charge in [0.1, 0.15) is 0 Å². The molecule has 0 saturated carbocycles. The van der Waals surface area contributed by atoms with Gasteiger partial charge in [0.05, 0.1) is 0 Å². The van der Waals surface area contributed by atoms with E-state index >= 15 is 0 Å². The quantitative estimate of drug-likeness (QED) is 0.414. The number of fused-ring (bicyclic) bond motifs is 1. The summed E-state index contributed by atoms with van der Waals surface area (Å²) < 4.78 is 2.82. The molecule has 0 atom stereocenters. The number of H-pyrrole nitrogens is 1. The van der Waals surface area contributed by atoms with E-state index in [1.54, 1.807) is 0 Å². The minimum atomic E-state index is -0.130. The van der Waals surface area contributed by atoms with Crippen LogP contribution in [0.4, 0.5) is 0 Å². The summed E-state index contributed by atoms with van der Waals surface area (Å²) in [6.45, 7) is 3.76. The van der Waals surface area contributed by atoms with Crippen LogP contribution in [0, 0.1) is 0 Å². The van der Waals surface area contributed by atoms with Crippen molar-refractivity contribution in [3.05, 3.63) is 34.6 Å². The molecule has 2 rings (SSSR count). The number of aromatic amines is 1. The smallest absolute Gasteiger partial charge is 1.00 e. The average Bonchev–Trinajstić information content (AvgIpc) is 2.46. The van der Waals surface area contributed by atoms with Gasteiger partial charge in [-0.3, -0.25) is 0 Å². The fourth-order valence-electron chi connectivity index (χ4n) is 1.03. The van der Waals surface area contributed by atoms with Crippen LogP contribution < -0.4 is 29.0 Å². The summed E-state index contributed by atoms with van der Waals surface area (Å²) in [6.07, 6.45) is 1.93. The van der Waals surface area contributed by atoms with Crippen LogP contribution in [0.5, 0.6) is 0 Å². The Morgan fingerprint density at radius 3 is 2.75 bits per heavy atom. The number of halogens is 1. The zero-order chi connectivity index (χ0) is 7.68. The third-order valence-electron chi connectivity index (χ3n) is 1.55. The van der Waals surface area contributed by atoms with E-state index in [-0.39, 0.29) is 44.4 Å². The van der Waals surface area contributed by atoms with Crippen LogP contribution in [0.15, 0.2) is 30.8 Å². The van der Waals surface area contributed by atoms with Crippen LogP contribution in [0.25, 0.3) is 15.0 Å². The molecule has 0 unspecified atom stereocenters. The van der Waals surface area contributed by atoms with Crippen LogP contribution in [0.3, 0.4) is 0 Å². The summed E-state index contributed by atoms with van der Waals surface area (Å²) >= 11 is -0.130. The van der Waals surface area contributed by atoms with Crippen LogP contribution in [-0.2, 0) is 0 Å². The van der Waals surface area contributed by atoms with E-state index in [1.807, 2.05) is 6.08 Å². The number of aromatic nitrogens is 1. The van der Waals surface area contributed by atoms with Gasteiger partial charge in [0, 0.05) is 0 Å². The van der Waals surface area contributed by atoms with Gasteiger partial charge in [0.2, 0.25) is 0 Å². The molecule has 2 aromatic rings. The summed E-state index contributed by atoms with van der Waals surface area (Å²) in [6, 6.07) is 8.47. The second kappa shape index (κ2) is 4.40. The first-order chi connectivity index (χ1) is 5.40. The van der Waals surface area contributed by atoms with Gasteiger partial charge in [-0.1, -0.05) is 0 Å². The maximum absolute atomic E-state index is 3.76. The molecule has 0 spiro atoms. The van der Waals surface area contributed by atoms with Crippen molar-refractivity contribution in [2.75, 3.05) is 0 Å². The zero-order valence-electron chi connectivity index (χ0n) is 6.38.